The van der Waals surface area contributed by atoms with E-state index >= 15 is 0 Å². The van der Waals surface area contributed by atoms with Crippen LogP contribution in [0.1, 0.15) is 83.8 Å². The number of anilines is 3. The predicted octanol–water partition coefficient (Wildman–Crippen LogP) is 4.62. The first-order chi connectivity index (χ1) is 23.5. The number of esters is 1. The zero-order valence-electron chi connectivity index (χ0n) is 29.2. The van der Waals surface area contributed by atoms with Gasteiger partial charge >= 0.3 is 12.1 Å². The average Bonchev–Trinajstić information content (AvgIpc) is 3.61. The number of alkyl carbamates (subject to hydrolysis) is 1. The molecule has 4 aliphatic rings. The molecule has 0 radical (unpaired) electrons. The molecule has 0 bridgehead atoms. The van der Waals surface area contributed by atoms with E-state index in [1.165, 1.54) is 7.11 Å². The predicted molar refractivity (Wildman–Crippen MR) is 182 cm³/mol. The quantitative estimate of drug-likeness (QED) is 0.364. The van der Waals surface area contributed by atoms with Gasteiger partial charge < -0.3 is 34.1 Å². The summed E-state index contributed by atoms with van der Waals surface area (Å²) in [6.45, 7) is 11.2. The maximum atomic E-state index is 12.7. The van der Waals surface area contributed by atoms with Crippen molar-refractivity contribution in [2.45, 2.75) is 103 Å². The van der Waals surface area contributed by atoms with Crippen LogP contribution in [0.2, 0.25) is 0 Å². The van der Waals surface area contributed by atoms with Crippen molar-refractivity contribution in [2.24, 2.45) is 5.41 Å². The number of methoxy groups -OCH3 is 1. The summed E-state index contributed by atoms with van der Waals surface area (Å²) in [5.41, 5.74) is 3.26. The Hall–Kier alpha value is -4.04. The maximum absolute atomic E-state index is 12.7. The van der Waals surface area contributed by atoms with Crippen LogP contribution in [-0.2, 0) is 36.6 Å². The van der Waals surface area contributed by atoms with Crippen molar-refractivity contribution in [3.8, 4) is 0 Å². The van der Waals surface area contributed by atoms with Gasteiger partial charge in [0.1, 0.15) is 11.4 Å². The summed E-state index contributed by atoms with van der Waals surface area (Å²) >= 11 is 0. The van der Waals surface area contributed by atoms with Crippen molar-refractivity contribution in [1.82, 2.24) is 30.0 Å². The van der Waals surface area contributed by atoms with Crippen LogP contribution in [0.25, 0.3) is 11.2 Å². The first-order valence-corrected chi connectivity index (χ1v) is 17.6. The van der Waals surface area contributed by atoms with E-state index in [0.29, 0.717) is 24.6 Å². The van der Waals surface area contributed by atoms with E-state index in [4.69, 9.17) is 39.0 Å². The molecule has 264 valence electrons. The zero-order valence-corrected chi connectivity index (χ0v) is 29.2. The molecule has 3 aromatic rings. The second kappa shape index (κ2) is 13.3. The summed E-state index contributed by atoms with van der Waals surface area (Å²) in [5, 5.41) is 8.27. The Kier molecular flexibility index (Phi) is 9.11. The van der Waals surface area contributed by atoms with Crippen molar-refractivity contribution >= 4 is 40.5 Å². The average molecular weight is 677 g/mol. The number of fused-ring (bicyclic) bond motifs is 2. The van der Waals surface area contributed by atoms with Crippen LogP contribution in [0, 0.1) is 5.41 Å². The summed E-state index contributed by atoms with van der Waals surface area (Å²) < 4.78 is 24.7. The summed E-state index contributed by atoms with van der Waals surface area (Å²) in [7, 11) is 1.39. The van der Waals surface area contributed by atoms with Crippen LogP contribution in [0.5, 0.6) is 0 Å². The number of aryl methyl sites for hydroxylation is 1. The van der Waals surface area contributed by atoms with Crippen molar-refractivity contribution in [3.63, 3.8) is 0 Å². The smallest absolute Gasteiger partial charge is 0.407 e. The maximum Gasteiger partial charge on any atom is 0.407 e. The molecular weight excluding hydrogens is 628 g/mol. The number of amides is 1. The standard InChI is InChI=1S/C35H48N8O6/c1-22-30(39-33(45)49-34(2,3)4)35(21-48-22)13-16-41(17-14-35)26-20-36-29-31(38-26)43(27-10-6-7-18-47-27)40-32(29)42-15-8-9-24-25(42)12-11-23(37-24)19-28(44)46-5/h11-12,20,22,27,30H,6-10,13-19,21H2,1-5H3,(H,39,45)/t22-,27?,30+/m0/s1. The Bertz CT molecular complexity index is 1690. The first-order valence-electron chi connectivity index (χ1n) is 17.6. The molecule has 3 fully saturated rings. The molecular formula is C35H48N8O6. The van der Waals surface area contributed by atoms with Gasteiger partial charge in [0.2, 0.25) is 0 Å². The fourth-order valence-corrected chi connectivity index (χ4v) is 7.69. The van der Waals surface area contributed by atoms with Crippen molar-refractivity contribution < 1.29 is 28.5 Å². The van der Waals surface area contributed by atoms with Gasteiger partial charge in [-0.15, -0.1) is 5.10 Å². The molecule has 1 unspecified atom stereocenters. The minimum Gasteiger partial charge on any atom is -0.469 e. The lowest BCUT2D eigenvalue weighted by Crippen LogP contribution is -2.55. The minimum absolute atomic E-state index is 0.104. The summed E-state index contributed by atoms with van der Waals surface area (Å²) in [4.78, 5) is 44.1. The normalized spacial score (nSPS) is 23.8. The van der Waals surface area contributed by atoms with Crippen molar-refractivity contribution in [3.05, 3.63) is 29.7 Å². The van der Waals surface area contributed by atoms with E-state index in [2.05, 4.69) is 15.1 Å². The lowest BCUT2D eigenvalue weighted by Gasteiger charge is -2.42. The fraction of sp³-hybridized carbons (Fsp3) is 0.657. The molecule has 0 aliphatic carbocycles. The molecule has 49 heavy (non-hydrogen) atoms. The SMILES string of the molecule is COC(=O)Cc1ccc2c(n1)CCCN2c1nn(C2CCCCO2)c2nc(N3CCC4(CC3)CO[C@@H](C)[C@H]4NC(=O)OC(C)(C)C)cnc12. The molecule has 7 heterocycles. The highest BCUT2D eigenvalue weighted by Gasteiger charge is 2.50. The summed E-state index contributed by atoms with van der Waals surface area (Å²) in [6, 6.07) is 3.77. The molecule has 4 aliphatic heterocycles. The first kappa shape index (κ1) is 33.5. The number of carbonyl (C=O) groups is 2. The van der Waals surface area contributed by atoms with Crippen LogP contribution in [-0.4, -0.2) is 94.5 Å². The third kappa shape index (κ3) is 6.77. The van der Waals surface area contributed by atoms with E-state index < -0.39 is 11.7 Å². The molecule has 0 aromatic carbocycles. The third-order valence-electron chi connectivity index (χ3n) is 10.2. The zero-order chi connectivity index (χ0) is 34.3. The monoisotopic (exact) mass is 676 g/mol. The lowest BCUT2D eigenvalue weighted by molar-refractivity contribution is -0.139. The minimum atomic E-state index is -0.570. The molecule has 1 amide bonds. The molecule has 0 saturated carbocycles. The van der Waals surface area contributed by atoms with Crippen molar-refractivity contribution in [1.29, 1.82) is 0 Å². The van der Waals surface area contributed by atoms with Crippen LogP contribution >= 0.6 is 0 Å². The van der Waals surface area contributed by atoms with Gasteiger partial charge in [-0.1, -0.05) is 0 Å². The van der Waals surface area contributed by atoms with Gasteiger partial charge in [-0.05, 0) is 84.8 Å². The number of pyridine rings is 1. The van der Waals surface area contributed by atoms with Gasteiger partial charge in [0.25, 0.3) is 0 Å². The van der Waals surface area contributed by atoms with E-state index in [1.807, 2.05) is 50.7 Å². The highest BCUT2D eigenvalue weighted by molar-refractivity contribution is 5.88. The second-order valence-corrected chi connectivity index (χ2v) is 14.8. The number of nitrogens with one attached hydrogen (secondary N) is 1. The summed E-state index contributed by atoms with van der Waals surface area (Å²) in [5.74, 6) is 1.22. The van der Waals surface area contributed by atoms with Gasteiger partial charge in [0.15, 0.2) is 23.2 Å². The molecule has 14 heteroatoms. The van der Waals surface area contributed by atoms with E-state index in [0.717, 1.165) is 93.1 Å². The second-order valence-electron chi connectivity index (χ2n) is 14.8. The van der Waals surface area contributed by atoms with Gasteiger partial charge in [0, 0.05) is 31.7 Å². The number of rotatable bonds is 6. The Morgan fingerprint density at radius 3 is 2.63 bits per heavy atom. The number of hydrogen-bond acceptors (Lipinski definition) is 12. The van der Waals surface area contributed by atoms with Gasteiger partial charge in [-0.25, -0.2) is 19.4 Å². The van der Waals surface area contributed by atoms with Gasteiger partial charge in [0.05, 0.1) is 55.6 Å². The fourth-order valence-electron chi connectivity index (χ4n) is 7.69. The number of hydrogen-bond donors (Lipinski definition) is 1. The largest absolute Gasteiger partial charge is 0.469 e. The Balaban J connectivity index is 1.16. The Morgan fingerprint density at radius 1 is 1.08 bits per heavy atom. The molecule has 3 aromatic heterocycles. The van der Waals surface area contributed by atoms with Crippen LogP contribution in [0.4, 0.5) is 22.1 Å². The van der Waals surface area contributed by atoms with Crippen molar-refractivity contribution in [2.75, 3.05) is 49.8 Å². The van der Waals surface area contributed by atoms with E-state index in [1.54, 1.807) is 0 Å². The number of ether oxygens (including phenoxy) is 4. The third-order valence-corrected chi connectivity index (χ3v) is 10.2. The topological polar surface area (TPSA) is 146 Å². The van der Waals surface area contributed by atoms with Crippen LogP contribution < -0.4 is 15.1 Å². The highest BCUT2D eigenvalue weighted by Crippen LogP contribution is 2.44. The Morgan fingerprint density at radius 2 is 1.90 bits per heavy atom. The molecule has 3 saturated heterocycles. The summed E-state index contributed by atoms with van der Waals surface area (Å²) in [6.07, 6.45) is 7.58. The van der Waals surface area contributed by atoms with E-state index in [-0.39, 0.29) is 36.2 Å². The van der Waals surface area contributed by atoms with E-state index in [9.17, 15) is 9.59 Å². The molecule has 3 atom stereocenters. The molecule has 1 N–H and O–H groups in total. The lowest BCUT2D eigenvalue weighted by atomic mass is 9.73. The molecule has 1 spiro atoms. The van der Waals surface area contributed by atoms with Gasteiger partial charge in [-0.2, -0.15) is 0 Å². The van der Waals surface area contributed by atoms with Gasteiger partial charge in [-0.3, -0.25) is 9.78 Å². The number of aromatic nitrogens is 5. The Labute approximate surface area is 286 Å². The number of nitrogens with zero attached hydrogens (tertiary/aromatic N) is 7. The molecule has 7 rings (SSSR count). The number of piperidine rings is 1. The highest BCUT2D eigenvalue weighted by atomic mass is 16.6. The number of carbonyl (C=O) groups excluding carboxylic acids is 2. The molecule has 14 nitrogen and oxygen atoms in total. The van der Waals surface area contributed by atoms with Crippen LogP contribution in [0.15, 0.2) is 18.3 Å². The van der Waals surface area contributed by atoms with Crippen LogP contribution in [0.3, 0.4) is 0 Å².